The first-order valence-corrected chi connectivity index (χ1v) is 8.89. The van der Waals surface area contributed by atoms with Gasteiger partial charge in [0.2, 0.25) is 5.82 Å². The highest BCUT2D eigenvalue weighted by molar-refractivity contribution is 14.0. The SMILES string of the molecule is CCNC(=NCc1ccccc1OC)NCCc1nc(-c2ccco2)n[nH]1.I. The zero-order valence-electron chi connectivity index (χ0n) is 15.9. The molecular formula is C19H25IN6O2. The fourth-order valence-corrected chi connectivity index (χ4v) is 2.56. The normalized spacial score (nSPS) is 11.0. The van der Waals surface area contributed by atoms with Crippen LogP contribution in [-0.2, 0) is 13.0 Å². The van der Waals surface area contributed by atoms with Crippen molar-refractivity contribution in [2.75, 3.05) is 20.2 Å². The molecule has 3 rings (SSSR count). The average Bonchev–Trinajstić information content (AvgIpc) is 3.38. The Bertz CT molecular complexity index is 863. The summed E-state index contributed by atoms with van der Waals surface area (Å²) in [7, 11) is 1.67. The van der Waals surface area contributed by atoms with Crippen molar-refractivity contribution in [2.24, 2.45) is 4.99 Å². The molecule has 0 aliphatic rings. The summed E-state index contributed by atoms with van der Waals surface area (Å²) in [5, 5.41) is 13.7. The lowest BCUT2D eigenvalue weighted by Gasteiger charge is -2.11. The summed E-state index contributed by atoms with van der Waals surface area (Å²) in [6.07, 6.45) is 2.29. The topological polar surface area (TPSA) is 100 Å². The number of rotatable bonds is 8. The van der Waals surface area contributed by atoms with Crippen molar-refractivity contribution in [2.45, 2.75) is 19.9 Å². The molecule has 0 saturated heterocycles. The molecule has 0 bridgehead atoms. The van der Waals surface area contributed by atoms with Gasteiger partial charge in [-0.2, -0.15) is 5.10 Å². The van der Waals surface area contributed by atoms with E-state index >= 15 is 0 Å². The lowest BCUT2D eigenvalue weighted by atomic mass is 10.2. The minimum atomic E-state index is 0. The third kappa shape index (κ3) is 5.98. The number of aromatic nitrogens is 3. The number of H-pyrrole nitrogens is 1. The third-order valence-electron chi connectivity index (χ3n) is 3.87. The fraction of sp³-hybridized carbons (Fsp3) is 0.316. The maximum absolute atomic E-state index is 5.37. The smallest absolute Gasteiger partial charge is 0.216 e. The van der Waals surface area contributed by atoms with Crippen molar-refractivity contribution in [3.8, 4) is 17.3 Å². The van der Waals surface area contributed by atoms with Crippen LogP contribution in [0.25, 0.3) is 11.6 Å². The predicted octanol–water partition coefficient (Wildman–Crippen LogP) is 2.99. The molecule has 9 heteroatoms. The van der Waals surface area contributed by atoms with Crippen LogP contribution in [-0.4, -0.2) is 41.3 Å². The van der Waals surface area contributed by atoms with Crippen LogP contribution in [0.15, 0.2) is 52.1 Å². The second-order valence-corrected chi connectivity index (χ2v) is 5.77. The number of aromatic amines is 1. The van der Waals surface area contributed by atoms with Crippen molar-refractivity contribution in [3.63, 3.8) is 0 Å². The van der Waals surface area contributed by atoms with Gasteiger partial charge in [0, 0.05) is 25.1 Å². The van der Waals surface area contributed by atoms with Crippen LogP contribution in [0.1, 0.15) is 18.3 Å². The Labute approximate surface area is 181 Å². The van der Waals surface area contributed by atoms with Crippen LogP contribution in [0.2, 0.25) is 0 Å². The Morgan fingerprint density at radius 3 is 2.82 bits per heavy atom. The monoisotopic (exact) mass is 496 g/mol. The molecule has 28 heavy (non-hydrogen) atoms. The molecule has 0 aliphatic heterocycles. The quantitative estimate of drug-likeness (QED) is 0.252. The van der Waals surface area contributed by atoms with Crippen LogP contribution in [0.4, 0.5) is 0 Å². The number of nitrogens with one attached hydrogen (secondary N) is 3. The minimum Gasteiger partial charge on any atom is -0.496 e. The average molecular weight is 496 g/mol. The van der Waals surface area contributed by atoms with Gasteiger partial charge in [0.05, 0.1) is 19.9 Å². The summed E-state index contributed by atoms with van der Waals surface area (Å²) in [6, 6.07) is 11.5. The maximum Gasteiger partial charge on any atom is 0.216 e. The lowest BCUT2D eigenvalue weighted by molar-refractivity contribution is 0.410. The van der Waals surface area contributed by atoms with E-state index in [1.54, 1.807) is 13.4 Å². The lowest BCUT2D eigenvalue weighted by Crippen LogP contribution is -2.38. The first-order valence-electron chi connectivity index (χ1n) is 8.89. The number of halogens is 1. The van der Waals surface area contributed by atoms with Gasteiger partial charge in [-0.15, -0.1) is 24.0 Å². The molecule has 8 nitrogen and oxygen atoms in total. The van der Waals surface area contributed by atoms with Crippen molar-refractivity contribution in [3.05, 3.63) is 54.0 Å². The standard InChI is InChI=1S/C19H24N6O2.HI/c1-3-20-19(22-13-14-7-4-5-8-15(14)26-2)21-11-10-17-23-18(25-24-17)16-9-6-12-27-16;/h4-9,12H,3,10-11,13H2,1-2H3,(H2,20,21,22)(H,23,24,25);1H. The Morgan fingerprint density at radius 2 is 2.07 bits per heavy atom. The summed E-state index contributed by atoms with van der Waals surface area (Å²) in [6.45, 7) is 4.02. The highest BCUT2D eigenvalue weighted by Crippen LogP contribution is 2.18. The van der Waals surface area contributed by atoms with E-state index in [-0.39, 0.29) is 24.0 Å². The van der Waals surface area contributed by atoms with E-state index in [4.69, 9.17) is 9.15 Å². The zero-order valence-corrected chi connectivity index (χ0v) is 18.3. The van der Waals surface area contributed by atoms with Gasteiger partial charge in [-0.1, -0.05) is 18.2 Å². The van der Waals surface area contributed by atoms with Crippen LogP contribution in [0, 0.1) is 0 Å². The molecule has 0 aliphatic carbocycles. The number of nitrogens with zero attached hydrogens (tertiary/aromatic N) is 3. The molecule has 2 aromatic heterocycles. The summed E-state index contributed by atoms with van der Waals surface area (Å²) < 4.78 is 10.7. The number of aliphatic imine (C=N–C) groups is 1. The second kappa shape index (κ2) is 11.3. The van der Waals surface area contributed by atoms with Gasteiger partial charge >= 0.3 is 0 Å². The summed E-state index contributed by atoms with van der Waals surface area (Å²) in [4.78, 5) is 9.06. The number of methoxy groups -OCH3 is 1. The molecule has 2 heterocycles. The molecule has 0 fully saturated rings. The van der Waals surface area contributed by atoms with Crippen molar-refractivity contribution in [1.29, 1.82) is 0 Å². The third-order valence-corrected chi connectivity index (χ3v) is 3.87. The zero-order chi connectivity index (χ0) is 18.9. The Balaban J connectivity index is 0.00000280. The molecule has 1 aromatic carbocycles. The van der Waals surface area contributed by atoms with E-state index in [0.717, 1.165) is 29.6 Å². The molecule has 3 N–H and O–H groups in total. The molecular weight excluding hydrogens is 471 g/mol. The Kier molecular flexibility index (Phi) is 8.79. The minimum absolute atomic E-state index is 0. The van der Waals surface area contributed by atoms with Crippen molar-refractivity contribution in [1.82, 2.24) is 25.8 Å². The number of hydrogen-bond donors (Lipinski definition) is 3. The molecule has 150 valence electrons. The molecule has 0 atom stereocenters. The van der Waals surface area contributed by atoms with E-state index in [0.29, 0.717) is 31.1 Å². The molecule has 0 spiro atoms. The van der Waals surface area contributed by atoms with Crippen molar-refractivity contribution < 1.29 is 9.15 Å². The second-order valence-electron chi connectivity index (χ2n) is 5.77. The van der Waals surface area contributed by atoms with Crippen LogP contribution >= 0.6 is 24.0 Å². The number of hydrogen-bond acceptors (Lipinski definition) is 5. The maximum atomic E-state index is 5.37. The first-order chi connectivity index (χ1) is 13.3. The highest BCUT2D eigenvalue weighted by atomic mass is 127. The molecule has 0 unspecified atom stereocenters. The van der Waals surface area contributed by atoms with Crippen molar-refractivity contribution >= 4 is 29.9 Å². The number of para-hydroxylation sites is 1. The fourth-order valence-electron chi connectivity index (χ4n) is 2.56. The van der Waals surface area contributed by atoms with Gasteiger partial charge in [0.25, 0.3) is 0 Å². The predicted molar refractivity (Wildman–Crippen MR) is 119 cm³/mol. The van der Waals surface area contributed by atoms with Crippen LogP contribution in [0.3, 0.4) is 0 Å². The Morgan fingerprint density at radius 1 is 1.21 bits per heavy atom. The van der Waals surface area contributed by atoms with E-state index < -0.39 is 0 Å². The van der Waals surface area contributed by atoms with E-state index in [1.165, 1.54) is 0 Å². The van der Waals surface area contributed by atoms with Gasteiger partial charge in [0.1, 0.15) is 11.6 Å². The number of benzene rings is 1. The van der Waals surface area contributed by atoms with Crippen LogP contribution in [0.5, 0.6) is 5.75 Å². The number of guanidine groups is 1. The van der Waals surface area contributed by atoms with E-state index in [1.807, 2.05) is 43.3 Å². The Hall–Kier alpha value is -2.56. The van der Waals surface area contributed by atoms with Gasteiger partial charge in [-0.3, -0.25) is 5.10 Å². The number of ether oxygens (including phenoxy) is 1. The molecule has 0 amide bonds. The first kappa shape index (κ1) is 21.7. The van der Waals surface area contributed by atoms with Gasteiger partial charge in [-0.25, -0.2) is 9.98 Å². The summed E-state index contributed by atoms with van der Waals surface area (Å²) in [5.74, 6) is 3.58. The highest BCUT2D eigenvalue weighted by Gasteiger charge is 2.08. The van der Waals surface area contributed by atoms with E-state index in [2.05, 4.69) is 30.8 Å². The summed E-state index contributed by atoms with van der Waals surface area (Å²) >= 11 is 0. The van der Waals surface area contributed by atoms with Crippen LogP contribution < -0.4 is 15.4 Å². The molecule has 0 radical (unpaired) electrons. The number of furan rings is 1. The van der Waals surface area contributed by atoms with E-state index in [9.17, 15) is 0 Å². The molecule has 0 saturated carbocycles. The largest absolute Gasteiger partial charge is 0.496 e. The summed E-state index contributed by atoms with van der Waals surface area (Å²) in [5.41, 5.74) is 1.04. The van der Waals surface area contributed by atoms with Gasteiger partial charge in [0.15, 0.2) is 11.7 Å². The molecule has 3 aromatic rings. The van der Waals surface area contributed by atoms with Gasteiger partial charge < -0.3 is 19.8 Å². The van der Waals surface area contributed by atoms with Gasteiger partial charge in [-0.05, 0) is 25.1 Å².